The lowest BCUT2D eigenvalue weighted by Crippen LogP contribution is -2.36. The Labute approximate surface area is 103 Å². The zero-order valence-corrected chi connectivity index (χ0v) is 9.95. The first-order chi connectivity index (χ1) is 8.22. The fourth-order valence-electron chi connectivity index (χ4n) is 2.12. The van der Waals surface area contributed by atoms with Crippen molar-refractivity contribution in [2.45, 2.75) is 19.0 Å². The SMILES string of the molecule is FC1CCCN(c2nc3cc(Cl)ccc3o2)C1. The zero-order chi connectivity index (χ0) is 11.8. The fourth-order valence-corrected chi connectivity index (χ4v) is 2.29. The van der Waals surface area contributed by atoms with Crippen molar-refractivity contribution in [1.82, 2.24) is 4.98 Å². The van der Waals surface area contributed by atoms with Crippen molar-refractivity contribution in [2.75, 3.05) is 18.0 Å². The van der Waals surface area contributed by atoms with Crippen molar-refractivity contribution in [3.63, 3.8) is 0 Å². The molecule has 0 bridgehead atoms. The molecule has 2 heterocycles. The van der Waals surface area contributed by atoms with Crippen LogP contribution in [0.1, 0.15) is 12.8 Å². The van der Waals surface area contributed by atoms with E-state index in [0.29, 0.717) is 35.1 Å². The number of hydrogen-bond acceptors (Lipinski definition) is 3. The number of anilines is 1. The predicted octanol–water partition coefficient (Wildman–Crippen LogP) is 3.42. The van der Waals surface area contributed by atoms with Gasteiger partial charge >= 0.3 is 0 Å². The van der Waals surface area contributed by atoms with Gasteiger partial charge in [-0.25, -0.2) is 4.39 Å². The molecule has 5 heteroatoms. The number of halogens is 2. The van der Waals surface area contributed by atoms with Gasteiger partial charge in [0.05, 0.1) is 6.54 Å². The van der Waals surface area contributed by atoms with Crippen LogP contribution in [-0.4, -0.2) is 24.2 Å². The highest BCUT2D eigenvalue weighted by Gasteiger charge is 2.22. The van der Waals surface area contributed by atoms with Gasteiger partial charge in [-0.3, -0.25) is 0 Å². The van der Waals surface area contributed by atoms with Gasteiger partial charge in [0.1, 0.15) is 11.7 Å². The van der Waals surface area contributed by atoms with Crippen LogP contribution in [0.2, 0.25) is 5.02 Å². The number of alkyl halides is 1. The number of nitrogens with zero attached hydrogens (tertiary/aromatic N) is 2. The summed E-state index contributed by atoms with van der Waals surface area (Å²) in [6, 6.07) is 5.78. The first-order valence-electron chi connectivity index (χ1n) is 5.67. The summed E-state index contributed by atoms with van der Waals surface area (Å²) in [6.45, 7) is 1.15. The standard InChI is InChI=1S/C12H12ClFN2O/c13-8-3-4-11-10(6-8)15-12(17-11)16-5-1-2-9(14)7-16/h3-4,6,9H,1-2,5,7H2. The molecule has 3 rings (SSSR count). The maximum atomic E-state index is 13.3. The van der Waals surface area contributed by atoms with Crippen LogP contribution in [0.25, 0.3) is 11.1 Å². The van der Waals surface area contributed by atoms with Gasteiger partial charge in [0.25, 0.3) is 6.01 Å². The van der Waals surface area contributed by atoms with Gasteiger partial charge < -0.3 is 9.32 Å². The highest BCUT2D eigenvalue weighted by Crippen LogP contribution is 2.26. The summed E-state index contributed by atoms with van der Waals surface area (Å²) in [5, 5.41) is 0.624. The molecule has 17 heavy (non-hydrogen) atoms. The maximum Gasteiger partial charge on any atom is 0.298 e. The first-order valence-corrected chi connectivity index (χ1v) is 6.05. The average molecular weight is 255 g/mol. The molecule has 1 aromatic carbocycles. The summed E-state index contributed by atoms with van der Waals surface area (Å²) in [4.78, 5) is 6.19. The quantitative estimate of drug-likeness (QED) is 0.781. The van der Waals surface area contributed by atoms with Gasteiger partial charge in [0.15, 0.2) is 5.58 Å². The minimum Gasteiger partial charge on any atom is -0.423 e. The van der Waals surface area contributed by atoms with E-state index < -0.39 is 6.17 Å². The van der Waals surface area contributed by atoms with E-state index in [1.807, 2.05) is 4.90 Å². The summed E-state index contributed by atoms with van der Waals surface area (Å²) in [5.74, 6) is 0. The second-order valence-corrected chi connectivity index (χ2v) is 4.73. The zero-order valence-electron chi connectivity index (χ0n) is 9.20. The Balaban J connectivity index is 1.94. The Hall–Kier alpha value is -1.29. The van der Waals surface area contributed by atoms with Gasteiger partial charge in [-0.15, -0.1) is 0 Å². The number of rotatable bonds is 1. The summed E-state index contributed by atoms with van der Waals surface area (Å²) in [6.07, 6.45) is 0.672. The molecular formula is C12H12ClFN2O. The van der Waals surface area contributed by atoms with Gasteiger partial charge in [0, 0.05) is 11.6 Å². The van der Waals surface area contributed by atoms with E-state index in [4.69, 9.17) is 16.0 Å². The van der Waals surface area contributed by atoms with Crippen LogP contribution in [0, 0.1) is 0 Å². The topological polar surface area (TPSA) is 29.3 Å². The van der Waals surface area contributed by atoms with E-state index >= 15 is 0 Å². The molecule has 0 aliphatic carbocycles. The van der Waals surface area contributed by atoms with Crippen LogP contribution in [0.4, 0.5) is 10.4 Å². The minimum atomic E-state index is -0.789. The highest BCUT2D eigenvalue weighted by molar-refractivity contribution is 6.31. The Bertz CT molecular complexity index is 542. The summed E-state index contributed by atoms with van der Waals surface area (Å²) < 4.78 is 18.9. The third-order valence-electron chi connectivity index (χ3n) is 2.97. The average Bonchev–Trinajstić information content (AvgIpc) is 2.72. The Morgan fingerprint density at radius 1 is 1.47 bits per heavy atom. The van der Waals surface area contributed by atoms with Gasteiger partial charge in [-0.2, -0.15) is 4.98 Å². The van der Waals surface area contributed by atoms with E-state index in [0.717, 1.165) is 13.0 Å². The molecule has 3 nitrogen and oxygen atoms in total. The van der Waals surface area contributed by atoms with Gasteiger partial charge in [-0.1, -0.05) is 11.6 Å². The molecule has 0 spiro atoms. The largest absolute Gasteiger partial charge is 0.423 e. The molecule has 90 valence electrons. The van der Waals surface area contributed by atoms with E-state index in [9.17, 15) is 4.39 Å². The third kappa shape index (κ3) is 2.09. The van der Waals surface area contributed by atoms with E-state index in [-0.39, 0.29) is 0 Å². The summed E-state index contributed by atoms with van der Waals surface area (Å²) in [7, 11) is 0. The van der Waals surface area contributed by atoms with Crippen LogP contribution in [0.3, 0.4) is 0 Å². The molecule has 0 N–H and O–H groups in total. The van der Waals surface area contributed by atoms with Crippen LogP contribution in [0.5, 0.6) is 0 Å². The number of oxazole rings is 1. The van der Waals surface area contributed by atoms with Crippen molar-refractivity contribution in [1.29, 1.82) is 0 Å². The molecule has 2 aromatic rings. The lowest BCUT2D eigenvalue weighted by atomic mass is 10.1. The Morgan fingerprint density at radius 3 is 3.18 bits per heavy atom. The van der Waals surface area contributed by atoms with Crippen molar-refractivity contribution < 1.29 is 8.81 Å². The number of fused-ring (bicyclic) bond motifs is 1. The minimum absolute atomic E-state index is 0.362. The summed E-state index contributed by atoms with van der Waals surface area (Å²) in [5.41, 5.74) is 1.40. The molecule has 1 saturated heterocycles. The Morgan fingerprint density at radius 2 is 2.35 bits per heavy atom. The predicted molar refractivity (Wildman–Crippen MR) is 65.4 cm³/mol. The molecule has 1 atom stereocenters. The van der Waals surface area contributed by atoms with E-state index in [1.165, 1.54) is 0 Å². The normalized spacial score (nSPS) is 21.1. The number of aromatic nitrogens is 1. The maximum absolute atomic E-state index is 13.3. The second-order valence-electron chi connectivity index (χ2n) is 4.29. The third-order valence-corrected chi connectivity index (χ3v) is 3.21. The molecule has 1 aliphatic rings. The van der Waals surface area contributed by atoms with Crippen LogP contribution >= 0.6 is 11.6 Å². The molecule has 1 unspecified atom stereocenters. The van der Waals surface area contributed by atoms with Crippen molar-refractivity contribution in [3.8, 4) is 0 Å². The molecule has 0 saturated carbocycles. The molecular weight excluding hydrogens is 243 g/mol. The van der Waals surface area contributed by atoms with Crippen molar-refractivity contribution >= 4 is 28.7 Å². The van der Waals surface area contributed by atoms with Gasteiger partial charge in [0.2, 0.25) is 0 Å². The first kappa shape index (κ1) is 10.8. The van der Waals surface area contributed by atoms with Crippen LogP contribution < -0.4 is 4.90 Å². The second kappa shape index (κ2) is 4.18. The fraction of sp³-hybridized carbons (Fsp3) is 0.417. The van der Waals surface area contributed by atoms with Crippen LogP contribution in [0.15, 0.2) is 22.6 Å². The Kier molecular flexibility index (Phi) is 2.67. The van der Waals surface area contributed by atoms with E-state index in [2.05, 4.69) is 4.98 Å². The highest BCUT2D eigenvalue weighted by atomic mass is 35.5. The molecule has 1 aliphatic heterocycles. The number of hydrogen-bond donors (Lipinski definition) is 0. The molecule has 0 amide bonds. The van der Waals surface area contributed by atoms with Gasteiger partial charge in [-0.05, 0) is 31.0 Å². The molecule has 1 fully saturated rings. The monoisotopic (exact) mass is 254 g/mol. The number of piperidine rings is 1. The molecule has 1 aromatic heterocycles. The molecule has 0 radical (unpaired) electrons. The lowest BCUT2D eigenvalue weighted by molar-refractivity contribution is 0.281. The van der Waals surface area contributed by atoms with Crippen molar-refractivity contribution in [3.05, 3.63) is 23.2 Å². The van der Waals surface area contributed by atoms with E-state index in [1.54, 1.807) is 18.2 Å². The lowest BCUT2D eigenvalue weighted by Gasteiger charge is -2.27. The smallest absolute Gasteiger partial charge is 0.298 e. The summed E-state index contributed by atoms with van der Waals surface area (Å²) >= 11 is 5.88. The number of benzene rings is 1. The van der Waals surface area contributed by atoms with Crippen LogP contribution in [-0.2, 0) is 0 Å². The van der Waals surface area contributed by atoms with Crippen molar-refractivity contribution in [2.24, 2.45) is 0 Å².